The van der Waals surface area contributed by atoms with E-state index >= 15 is 4.39 Å². The van der Waals surface area contributed by atoms with Crippen LogP contribution in [0.4, 0.5) is 16.0 Å². The van der Waals surface area contributed by atoms with Crippen molar-refractivity contribution in [1.82, 2.24) is 19.9 Å². The molecular formula is C28H33FN6O6S. The maximum atomic E-state index is 15.2. The van der Waals surface area contributed by atoms with Crippen LogP contribution in [-0.2, 0) is 26.1 Å². The molecule has 0 saturated carbocycles. The van der Waals surface area contributed by atoms with Gasteiger partial charge in [-0.25, -0.2) is 32.6 Å². The summed E-state index contributed by atoms with van der Waals surface area (Å²) in [5.74, 6) is -0.678. The second-order valence-corrected chi connectivity index (χ2v) is 12.1. The number of halogens is 1. The molecule has 224 valence electrons. The van der Waals surface area contributed by atoms with E-state index in [1.54, 1.807) is 12.1 Å². The average molecular weight is 601 g/mol. The number of rotatable bonds is 9. The monoisotopic (exact) mass is 600 g/mol. The van der Waals surface area contributed by atoms with E-state index in [1.807, 2.05) is 4.90 Å². The topological polar surface area (TPSA) is 147 Å². The standard InChI is InChI=1S/C28H33FN6O6S/c1-40-27-23(33-42(2,38)39)14-19(16-30-27)25-22-15-21(29)13-20(17-34-7-5-18(6-8-34)3-4-24(36)37)26(22)32-28(31-25)35-9-11-41-12-10-35/h3-4,13-16,18,33H,5-12,17H2,1-2H3,(H,36,37)/b4-3+. The van der Waals surface area contributed by atoms with Crippen molar-refractivity contribution in [3.8, 4) is 17.1 Å². The number of morpholine rings is 1. The second kappa shape index (κ2) is 12.5. The van der Waals surface area contributed by atoms with E-state index in [0.717, 1.165) is 32.2 Å². The minimum absolute atomic E-state index is 0.0874. The van der Waals surface area contributed by atoms with E-state index in [2.05, 4.69) is 14.6 Å². The fourth-order valence-corrected chi connectivity index (χ4v) is 5.82. The lowest BCUT2D eigenvalue weighted by Crippen LogP contribution is -2.37. The second-order valence-electron chi connectivity index (χ2n) is 10.4. The minimum atomic E-state index is -3.64. The third-order valence-corrected chi connectivity index (χ3v) is 7.87. The number of nitrogens with one attached hydrogen (secondary N) is 1. The lowest BCUT2D eigenvalue weighted by atomic mass is 9.95. The molecule has 5 rings (SSSR count). The van der Waals surface area contributed by atoms with Crippen molar-refractivity contribution in [3.63, 3.8) is 0 Å². The number of sulfonamides is 1. The normalized spacial score (nSPS) is 17.2. The number of hydrogen-bond donors (Lipinski definition) is 2. The Morgan fingerprint density at radius 1 is 1.19 bits per heavy atom. The fraction of sp³-hybridized carbons (Fsp3) is 0.429. The van der Waals surface area contributed by atoms with Crippen LogP contribution in [0.1, 0.15) is 18.4 Å². The van der Waals surface area contributed by atoms with Crippen LogP contribution in [0.5, 0.6) is 5.88 Å². The highest BCUT2D eigenvalue weighted by molar-refractivity contribution is 7.92. The summed E-state index contributed by atoms with van der Waals surface area (Å²) in [5.41, 5.74) is 2.29. The third kappa shape index (κ3) is 7.12. The van der Waals surface area contributed by atoms with Crippen LogP contribution in [0.2, 0.25) is 0 Å². The molecule has 12 nitrogen and oxygen atoms in total. The number of piperidine rings is 1. The summed E-state index contributed by atoms with van der Waals surface area (Å²) in [6.45, 7) is 4.11. The number of methoxy groups -OCH3 is 1. The summed E-state index contributed by atoms with van der Waals surface area (Å²) in [4.78, 5) is 29.1. The number of pyridine rings is 1. The zero-order chi connectivity index (χ0) is 29.9. The molecule has 2 aliphatic rings. The number of benzene rings is 1. The zero-order valence-electron chi connectivity index (χ0n) is 23.4. The Kier molecular flexibility index (Phi) is 8.85. The smallest absolute Gasteiger partial charge is 0.327 e. The van der Waals surface area contributed by atoms with Gasteiger partial charge in [0.25, 0.3) is 0 Å². The van der Waals surface area contributed by atoms with Crippen molar-refractivity contribution >= 4 is 38.5 Å². The molecule has 3 aromatic rings. The quantitative estimate of drug-likeness (QED) is 0.350. The van der Waals surface area contributed by atoms with Gasteiger partial charge in [0.2, 0.25) is 21.9 Å². The molecule has 1 aromatic carbocycles. The molecular weight excluding hydrogens is 567 g/mol. The predicted octanol–water partition coefficient (Wildman–Crippen LogP) is 2.90. The molecule has 2 saturated heterocycles. The summed E-state index contributed by atoms with van der Waals surface area (Å²) in [5, 5.41) is 9.41. The van der Waals surface area contributed by atoms with Crippen LogP contribution in [0.15, 0.2) is 36.5 Å². The lowest BCUT2D eigenvalue weighted by molar-refractivity contribution is -0.131. The van der Waals surface area contributed by atoms with Crippen LogP contribution in [0.3, 0.4) is 0 Å². The number of aliphatic carboxylic acids is 1. The SMILES string of the molecule is COc1ncc(-c2nc(N3CCOCC3)nc3c(CN4CCC(/C=C/C(=O)O)CC4)cc(F)cc23)cc1NS(C)(=O)=O. The Bertz CT molecular complexity index is 1600. The maximum Gasteiger partial charge on any atom is 0.327 e. The van der Waals surface area contributed by atoms with Crippen molar-refractivity contribution in [3.05, 3.63) is 47.9 Å². The van der Waals surface area contributed by atoms with Gasteiger partial charge in [-0.3, -0.25) is 9.62 Å². The highest BCUT2D eigenvalue weighted by Crippen LogP contribution is 2.35. The van der Waals surface area contributed by atoms with Crippen LogP contribution < -0.4 is 14.4 Å². The van der Waals surface area contributed by atoms with Crippen LogP contribution in [0, 0.1) is 11.7 Å². The van der Waals surface area contributed by atoms with Gasteiger partial charge in [-0.15, -0.1) is 0 Å². The highest BCUT2D eigenvalue weighted by Gasteiger charge is 2.23. The van der Waals surface area contributed by atoms with Gasteiger partial charge in [-0.05, 0) is 55.6 Å². The fourth-order valence-electron chi connectivity index (χ4n) is 5.28. The number of fused-ring (bicyclic) bond motifs is 1. The summed E-state index contributed by atoms with van der Waals surface area (Å²) in [7, 11) is -2.25. The van der Waals surface area contributed by atoms with Gasteiger partial charge < -0.3 is 19.5 Å². The Labute approximate surface area is 243 Å². The van der Waals surface area contributed by atoms with Crippen molar-refractivity contribution in [2.24, 2.45) is 5.92 Å². The van der Waals surface area contributed by atoms with Crippen molar-refractivity contribution in [2.45, 2.75) is 19.4 Å². The van der Waals surface area contributed by atoms with E-state index in [9.17, 15) is 13.2 Å². The minimum Gasteiger partial charge on any atom is -0.480 e. The number of ether oxygens (including phenoxy) is 2. The molecule has 0 bridgehead atoms. The largest absolute Gasteiger partial charge is 0.480 e. The molecule has 2 aromatic heterocycles. The van der Waals surface area contributed by atoms with Crippen molar-refractivity contribution < 1.29 is 32.2 Å². The lowest BCUT2D eigenvalue weighted by Gasteiger charge is -2.31. The molecule has 14 heteroatoms. The molecule has 0 atom stereocenters. The molecule has 0 radical (unpaired) electrons. The van der Waals surface area contributed by atoms with Gasteiger partial charge >= 0.3 is 5.97 Å². The Hall–Kier alpha value is -3.88. The number of carboxylic acids is 1. The van der Waals surface area contributed by atoms with E-state index in [1.165, 1.54) is 31.5 Å². The molecule has 0 unspecified atom stereocenters. The third-order valence-electron chi connectivity index (χ3n) is 7.28. The highest BCUT2D eigenvalue weighted by atomic mass is 32.2. The van der Waals surface area contributed by atoms with Gasteiger partial charge in [0.1, 0.15) is 11.5 Å². The van der Waals surface area contributed by atoms with Crippen LogP contribution in [0.25, 0.3) is 22.2 Å². The van der Waals surface area contributed by atoms with Gasteiger partial charge in [0.05, 0.1) is 37.8 Å². The van der Waals surface area contributed by atoms with Gasteiger partial charge in [-0.1, -0.05) is 6.08 Å². The molecule has 2 fully saturated rings. The first kappa shape index (κ1) is 29.6. The number of likely N-dealkylation sites (tertiary alicyclic amines) is 1. The van der Waals surface area contributed by atoms with E-state index < -0.39 is 21.8 Å². The number of aromatic nitrogens is 3. The number of nitrogens with zero attached hydrogens (tertiary/aromatic N) is 5. The molecule has 2 aliphatic heterocycles. The molecule has 4 heterocycles. The molecule has 0 spiro atoms. The first-order chi connectivity index (χ1) is 20.1. The summed E-state index contributed by atoms with van der Waals surface area (Å²) in [6, 6.07) is 4.44. The number of allylic oxidation sites excluding steroid dienone is 1. The molecule has 0 amide bonds. The Balaban J connectivity index is 1.57. The number of anilines is 2. The van der Waals surface area contributed by atoms with Gasteiger partial charge in [-0.2, -0.15) is 0 Å². The molecule has 2 N–H and O–H groups in total. The molecule has 42 heavy (non-hydrogen) atoms. The Morgan fingerprint density at radius 3 is 2.60 bits per heavy atom. The van der Waals surface area contributed by atoms with E-state index in [0.29, 0.717) is 66.5 Å². The summed E-state index contributed by atoms with van der Waals surface area (Å²) >= 11 is 0. The number of carbonyl (C=O) groups is 1. The van der Waals surface area contributed by atoms with Crippen molar-refractivity contribution in [2.75, 3.05) is 62.4 Å². The van der Waals surface area contributed by atoms with E-state index in [-0.39, 0.29) is 17.5 Å². The number of carboxylic acid groups (broad SMARTS) is 1. The first-order valence-electron chi connectivity index (χ1n) is 13.6. The number of hydrogen-bond acceptors (Lipinski definition) is 10. The average Bonchev–Trinajstić information content (AvgIpc) is 2.96. The van der Waals surface area contributed by atoms with Crippen LogP contribution >= 0.6 is 0 Å². The Morgan fingerprint density at radius 2 is 1.93 bits per heavy atom. The van der Waals surface area contributed by atoms with E-state index in [4.69, 9.17) is 24.5 Å². The van der Waals surface area contributed by atoms with Gasteiger partial charge in [0.15, 0.2) is 0 Å². The van der Waals surface area contributed by atoms with Gasteiger partial charge in [0, 0.05) is 42.9 Å². The van der Waals surface area contributed by atoms with Crippen LogP contribution in [-0.4, -0.2) is 92.1 Å². The first-order valence-corrected chi connectivity index (χ1v) is 15.5. The summed E-state index contributed by atoms with van der Waals surface area (Å²) in [6.07, 6.45) is 7.06. The summed E-state index contributed by atoms with van der Waals surface area (Å²) < 4.78 is 52.4. The zero-order valence-corrected chi connectivity index (χ0v) is 24.2. The van der Waals surface area contributed by atoms with Crippen molar-refractivity contribution in [1.29, 1.82) is 0 Å². The predicted molar refractivity (Wildman–Crippen MR) is 156 cm³/mol. The molecule has 0 aliphatic carbocycles. The maximum absolute atomic E-state index is 15.2.